The monoisotopic (exact) mass is 389 g/mol. The minimum Gasteiger partial charge on any atom is -0.399 e. The number of halogens is 1. The molecule has 0 saturated carbocycles. The molecule has 0 unspecified atom stereocenters. The van der Waals surface area contributed by atoms with Crippen molar-refractivity contribution in [3.05, 3.63) is 59.7 Å². The predicted molar refractivity (Wildman–Crippen MR) is 108 cm³/mol. The molecule has 0 radical (unpaired) electrons. The fourth-order valence-corrected chi connectivity index (χ4v) is 2.91. The van der Waals surface area contributed by atoms with Crippen LogP contribution in [0.15, 0.2) is 48.5 Å². The van der Waals surface area contributed by atoms with E-state index in [9.17, 15) is 9.59 Å². The van der Waals surface area contributed by atoms with Crippen LogP contribution in [0.4, 0.5) is 11.4 Å². The molecule has 0 atom stereocenters. The van der Waals surface area contributed by atoms with E-state index in [1.54, 1.807) is 29.2 Å². The van der Waals surface area contributed by atoms with Gasteiger partial charge in [0.25, 0.3) is 5.91 Å². The number of anilines is 2. The number of para-hydroxylation sites is 1. The lowest BCUT2D eigenvalue weighted by Gasteiger charge is -2.27. The standard InChI is InChI=1S/C20H23N3O3.ClH/c21-18-7-2-1-4-15(18)8-9-19(24)22-17-6-3-5-16(14-17)20(25)23-10-12-26-13-11-23;/h1-7,14H,8-13,21H2,(H,22,24);1H. The zero-order valence-electron chi connectivity index (χ0n) is 15.0. The van der Waals surface area contributed by atoms with Crippen molar-refractivity contribution in [2.45, 2.75) is 12.8 Å². The molecule has 1 aliphatic rings. The lowest BCUT2D eigenvalue weighted by molar-refractivity contribution is -0.116. The number of morpholine rings is 1. The second-order valence-electron chi connectivity index (χ2n) is 6.23. The Hall–Kier alpha value is -2.57. The lowest BCUT2D eigenvalue weighted by Crippen LogP contribution is -2.40. The summed E-state index contributed by atoms with van der Waals surface area (Å²) < 4.78 is 5.27. The molecular formula is C20H24ClN3O3. The van der Waals surface area contributed by atoms with Gasteiger partial charge in [-0.1, -0.05) is 24.3 Å². The molecular weight excluding hydrogens is 366 g/mol. The third kappa shape index (κ3) is 5.70. The zero-order valence-corrected chi connectivity index (χ0v) is 15.8. The molecule has 1 aliphatic heterocycles. The molecule has 0 spiro atoms. The quantitative estimate of drug-likeness (QED) is 0.770. The molecule has 3 N–H and O–H groups in total. The van der Waals surface area contributed by atoms with Crippen LogP contribution in [0.2, 0.25) is 0 Å². The number of carbonyl (C=O) groups is 2. The Morgan fingerprint density at radius 3 is 2.56 bits per heavy atom. The molecule has 1 saturated heterocycles. The lowest BCUT2D eigenvalue weighted by atomic mass is 10.1. The van der Waals surface area contributed by atoms with Crippen molar-refractivity contribution < 1.29 is 14.3 Å². The van der Waals surface area contributed by atoms with Crippen LogP contribution in [0.25, 0.3) is 0 Å². The number of nitrogens with zero attached hydrogens (tertiary/aromatic N) is 1. The molecule has 2 aromatic rings. The topological polar surface area (TPSA) is 84.7 Å². The Morgan fingerprint density at radius 2 is 1.81 bits per heavy atom. The molecule has 3 rings (SSSR count). The molecule has 2 aromatic carbocycles. The molecule has 0 aliphatic carbocycles. The number of rotatable bonds is 5. The van der Waals surface area contributed by atoms with Crippen molar-refractivity contribution in [3.63, 3.8) is 0 Å². The smallest absolute Gasteiger partial charge is 0.254 e. The van der Waals surface area contributed by atoms with Crippen molar-refractivity contribution >= 4 is 35.6 Å². The third-order valence-corrected chi connectivity index (χ3v) is 4.37. The summed E-state index contributed by atoms with van der Waals surface area (Å²) in [4.78, 5) is 26.5. The van der Waals surface area contributed by atoms with Gasteiger partial charge in [-0.05, 0) is 36.2 Å². The van der Waals surface area contributed by atoms with Crippen molar-refractivity contribution in [1.29, 1.82) is 0 Å². The molecule has 7 heteroatoms. The van der Waals surface area contributed by atoms with E-state index >= 15 is 0 Å². The van der Waals surface area contributed by atoms with Gasteiger partial charge in [0.2, 0.25) is 5.91 Å². The molecule has 1 heterocycles. The van der Waals surface area contributed by atoms with Crippen molar-refractivity contribution in [2.75, 3.05) is 37.4 Å². The number of benzene rings is 2. The van der Waals surface area contributed by atoms with Gasteiger partial charge >= 0.3 is 0 Å². The summed E-state index contributed by atoms with van der Waals surface area (Å²) >= 11 is 0. The number of hydrogen-bond donors (Lipinski definition) is 2. The summed E-state index contributed by atoms with van der Waals surface area (Å²) in [5.74, 6) is -0.148. The maximum absolute atomic E-state index is 12.5. The van der Waals surface area contributed by atoms with Crippen LogP contribution in [0, 0.1) is 0 Å². The highest BCUT2D eigenvalue weighted by molar-refractivity contribution is 5.97. The first-order valence-corrected chi connectivity index (χ1v) is 8.74. The fraction of sp³-hybridized carbons (Fsp3) is 0.300. The van der Waals surface area contributed by atoms with Gasteiger partial charge in [0, 0.05) is 36.4 Å². The SMILES string of the molecule is Cl.Nc1ccccc1CCC(=O)Nc1cccc(C(=O)N2CCOCC2)c1. The first-order chi connectivity index (χ1) is 12.6. The Balaban J connectivity index is 0.00000261. The first-order valence-electron chi connectivity index (χ1n) is 8.74. The van der Waals surface area contributed by atoms with E-state index in [0.29, 0.717) is 56.1 Å². The van der Waals surface area contributed by atoms with Crippen LogP contribution in [-0.2, 0) is 16.0 Å². The van der Waals surface area contributed by atoms with Gasteiger partial charge in [0.15, 0.2) is 0 Å². The van der Waals surface area contributed by atoms with Gasteiger partial charge in [0.05, 0.1) is 13.2 Å². The van der Waals surface area contributed by atoms with Gasteiger partial charge in [-0.3, -0.25) is 9.59 Å². The molecule has 0 aromatic heterocycles. The number of nitrogens with one attached hydrogen (secondary N) is 1. The van der Waals surface area contributed by atoms with Crippen LogP contribution in [0.5, 0.6) is 0 Å². The first kappa shape index (κ1) is 20.7. The number of carbonyl (C=O) groups excluding carboxylic acids is 2. The average molecular weight is 390 g/mol. The minimum absolute atomic E-state index is 0. The highest BCUT2D eigenvalue weighted by atomic mass is 35.5. The van der Waals surface area contributed by atoms with E-state index in [1.807, 2.05) is 24.3 Å². The maximum atomic E-state index is 12.5. The zero-order chi connectivity index (χ0) is 18.4. The van der Waals surface area contributed by atoms with Crippen LogP contribution >= 0.6 is 12.4 Å². The second-order valence-corrected chi connectivity index (χ2v) is 6.23. The van der Waals surface area contributed by atoms with Crippen LogP contribution < -0.4 is 11.1 Å². The summed E-state index contributed by atoms with van der Waals surface area (Å²) in [6, 6.07) is 14.6. The highest BCUT2D eigenvalue weighted by Gasteiger charge is 2.18. The van der Waals surface area contributed by atoms with Crippen LogP contribution in [0.3, 0.4) is 0 Å². The van der Waals surface area contributed by atoms with Gasteiger partial charge in [-0.15, -0.1) is 12.4 Å². The normalized spacial score (nSPS) is 13.6. The number of aryl methyl sites for hydroxylation is 1. The Bertz CT molecular complexity index is 792. The summed E-state index contributed by atoms with van der Waals surface area (Å²) in [5, 5.41) is 2.85. The van der Waals surface area contributed by atoms with Crippen molar-refractivity contribution in [2.24, 2.45) is 0 Å². The number of hydrogen-bond acceptors (Lipinski definition) is 4. The summed E-state index contributed by atoms with van der Waals surface area (Å²) in [6.07, 6.45) is 0.904. The highest BCUT2D eigenvalue weighted by Crippen LogP contribution is 2.16. The van der Waals surface area contributed by atoms with E-state index in [-0.39, 0.29) is 24.2 Å². The van der Waals surface area contributed by atoms with Gasteiger partial charge < -0.3 is 20.7 Å². The largest absolute Gasteiger partial charge is 0.399 e. The minimum atomic E-state index is -0.107. The second kappa shape index (κ2) is 9.94. The van der Waals surface area contributed by atoms with Crippen LogP contribution in [0.1, 0.15) is 22.3 Å². The van der Waals surface area contributed by atoms with Crippen molar-refractivity contribution in [3.8, 4) is 0 Å². The molecule has 0 bridgehead atoms. The fourth-order valence-electron chi connectivity index (χ4n) is 2.91. The van der Waals surface area contributed by atoms with E-state index in [2.05, 4.69) is 5.32 Å². The van der Waals surface area contributed by atoms with E-state index < -0.39 is 0 Å². The van der Waals surface area contributed by atoms with Crippen LogP contribution in [-0.4, -0.2) is 43.0 Å². The molecule has 27 heavy (non-hydrogen) atoms. The molecule has 144 valence electrons. The van der Waals surface area contributed by atoms with Gasteiger partial charge in [0.1, 0.15) is 0 Å². The van der Waals surface area contributed by atoms with Crippen molar-refractivity contribution in [1.82, 2.24) is 4.90 Å². The molecule has 2 amide bonds. The van der Waals surface area contributed by atoms with Gasteiger partial charge in [-0.25, -0.2) is 0 Å². The summed E-state index contributed by atoms with van der Waals surface area (Å²) in [7, 11) is 0. The Labute approximate surface area is 165 Å². The molecule has 1 fully saturated rings. The van der Waals surface area contributed by atoms with E-state index in [4.69, 9.17) is 10.5 Å². The summed E-state index contributed by atoms with van der Waals surface area (Å²) in [5.41, 5.74) is 8.74. The Kier molecular flexibility index (Phi) is 7.64. The number of ether oxygens (including phenoxy) is 1. The number of nitrogens with two attached hydrogens (primary N) is 1. The third-order valence-electron chi connectivity index (χ3n) is 4.37. The summed E-state index contributed by atoms with van der Waals surface area (Å²) in [6.45, 7) is 2.30. The maximum Gasteiger partial charge on any atom is 0.254 e. The number of amides is 2. The van der Waals surface area contributed by atoms with E-state index in [1.165, 1.54) is 0 Å². The number of nitrogen functional groups attached to an aromatic ring is 1. The average Bonchev–Trinajstić information content (AvgIpc) is 2.68. The van der Waals surface area contributed by atoms with E-state index in [0.717, 1.165) is 5.56 Å². The molecule has 6 nitrogen and oxygen atoms in total. The van der Waals surface area contributed by atoms with Gasteiger partial charge in [-0.2, -0.15) is 0 Å². The predicted octanol–water partition coefficient (Wildman–Crippen LogP) is 2.73. The Morgan fingerprint density at radius 1 is 1.07 bits per heavy atom.